The van der Waals surface area contributed by atoms with Gasteiger partial charge in [-0.25, -0.2) is 8.42 Å². The third-order valence-electron chi connectivity index (χ3n) is 4.93. The Kier molecular flexibility index (Phi) is 6.66. The van der Waals surface area contributed by atoms with Crippen molar-refractivity contribution in [1.82, 2.24) is 4.98 Å². The van der Waals surface area contributed by atoms with Crippen LogP contribution in [0.15, 0.2) is 56.8 Å². The molecule has 9 heteroatoms. The summed E-state index contributed by atoms with van der Waals surface area (Å²) in [6.07, 6.45) is 0.692. The molecule has 4 rings (SSSR count). The molecule has 0 aliphatic carbocycles. The van der Waals surface area contributed by atoms with Crippen LogP contribution in [0.2, 0.25) is 0 Å². The van der Waals surface area contributed by atoms with Crippen LogP contribution in [-0.2, 0) is 14.6 Å². The number of aryl methyl sites for hydroxylation is 1. The van der Waals surface area contributed by atoms with Gasteiger partial charge in [0.15, 0.2) is 11.5 Å². The largest absolute Gasteiger partial charge is 0.486 e. The number of hydrogen-bond acceptors (Lipinski definition) is 8. The summed E-state index contributed by atoms with van der Waals surface area (Å²) in [5.74, 6) is 1.25. The maximum atomic E-state index is 13.5. The van der Waals surface area contributed by atoms with Gasteiger partial charge in [0, 0.05) is 31.4 Å². The predicted octanol–water partition coefficient (Wildman–Crippen LogP) is 4.09. The van der Waals surface area contributed by atoms with Gasteiger partial charge in [-0.3, -0.25) is 0 Å². The minimum absolute atomic E-state index is 0.0582. The van der Waals surface area contributed by atoms with E-state index in [4.69, 9.17) is 18.6 Å². The van der Waals surface area contributed by atoms with E-state index in [0.29, 0.717) is 56.5 Å². The molecule has 0 atom stereocenters. The maximum Gasteiger partial charge on any atom is 0.233 e. The highest BCUT2D eigenvalue weighted by Gasteiger charge is 2.30. The summed E-state index contributed by atoms with van der Waals surface area (Å²) in [5.41, 5.74) is 1.77. The van der Waals surface area contributed by atoms with E-state index in [-0.39, 0.29) is 21.7 Å². The Hall–Kier alpha value is -3.04. The van der Waals surface area contributed by atoms with Crippen molar-refractivity contribution in [2.24, 2.45) is 0 Å². The van der Waals surface area contributed by atoms with Crippen LogP contribution in [0, 0.1) is 6.92 Å². The molecule has 32 heavy (non-hydrogen) atoms. The molecule has 0 fully saturated rings. The van der Waals surface area contributed by atoms with E-state index in [1.807, 2.05) is 38.1 Å². The van der Waals surface area contributed by atoms with Gasteiger partial charge in [0.05, 0.1) is 4.90 Å². The number of hydrogen-bond donors (Lipinski definition) is 1. The Bertz CT molecular complexity index is 1170. The number of oxazole rings is 1. The third-order valence-corrected chi connectivity index (χ3v) is 6.59. The lowest BCUT2D eigenvalue weighted by molar-refractivity contribution is 0.147. The first-order chi connectivity index (χ1) is 15.5. The SMILES string of the molecule is CCOCCCNc1oc(-c2ccc(C)cc2)nc1S(=O)(=O)c1ccc2c(c1)OCCO2. The zero-order valence-corrected chi connectivity index (χ0v) is 18.9. The highest BCUT2D eigenvalue weighted by molar-refractivity contribution is 7.91. The van der Waals surface area contributed by atoms with Gasteiger partial charge in [-0.2, -0.15) is 4.98 Å². The second-order valence-corrected chi connectivity index (χ2v) is 9.17. The number of nitrogens with zero attached hydrogens (tertiary/aromatic N) is 1. The Morgan fingerprint density at radius 1 is 1.06 bits per heavy atom. The van der Waals surface area contributed by atoms with Crippen molar-refractivity contribution in [1.29, 1.82) is 0 Å². The quantitative estimate of drug-likeness (QED) is 0.479. The van der Waals surface area contributed by atoms with Crippen LogP contribution in [0.4, 0.5) is 5.88 Å². The summed E-state index contributed by atoms with van der Waals surface area (Å²) in [5, 5.41) is 2.90. The van der Waals surface area contributed by atoms with E-state index in [0.717, 1.165) is 5.56 Å². The van der Waals surface area contributed by atoms with E-state index in [2.05, 4.69) is 10.3 Å². The monoisotopic (exact) mass is 458 g/mol. The number of benzene rings is 2. The summed E-state index contributed by atoms with van der Waals surface area (Å²) in [6, 6.07) is 12.1. The fourth-order valence-corrected chi connectivity index (χ4v) is 4.54. The predicted molar refractivity (Wildman–Crippen MR) is 119 cm³/mol. The van der Waals surface area contributed by atoms with E-state index in [1.165, 1.54) is 12.1 Å². The van der Waals surface area contributed by atoms with Crippen molar-refractivity contribution in [2.75, 3.05) is 38.3 Å². The molecule has 8 nitrogen and oxygen atoms in total. The summed E-state index contributed by atoms with van der Waals surface area (Å²) in [7, 11) is -3.98. The molecule has 0 bridgehead atoms. The molecule has 2 heterocycles. The second kappa shape index (κ2) is 9.62. The minimum Gasteiger partial charge on any atom is -0.486 e. The number of rotatable bonds is 9. The summed E-state index contributed by atoms with van der Waals surface area (Å²) >= 11 is 0. The molecule has 0 radical (unpaired) electrons. The van der Waals surface area contributed by atoms with Gasteiger partial charge in [-0.15, -0.1) is 0 Å². The number of sulfone groups is 1. The lowest BCUT2D eigenvalue weighted by Gasteiger charge is -2.18. The summed E-state index contributed by atoms with van der Waals surface area (Å²) < 4.78 is 49.2. The normalized spacial score (nSPS) is 13.2. The minimum atomic E-state index is -3.98. The summed E-state index contributed by atoms with van der Waals surface area (Å²) in [4.78, 5) is 4.42. The molecule has 0 saturated carbocycles. The van der Waals surface area contributed by atoms with Gasteiger partial charge in [0.2, 0.25) is 26.6 Å². The van der Waals surface area contributed by atoms with Crippen molar-refractivity contribution in [3.05, 3.63) is 48.0 Å². The number of nitrogens with one attached hydrogen (secondary N) is 1. The molecular formula is C23H26N2O6S. The first-order valence-corrected chi connectivity index (χ1v) is 12.0. The summed E-state index contributed by atoms with van der Waals surface area (Å²) in [6.45, 7) is 6.36. The smallest absolute Gasteiger partial charge is 0.233 e. The molecule has 0 spiro atoms. The Labute approximate surface area is 187 Å². The molecule has 3 aromatic rings. The average molecular weight is 459 g/mol. The van der Waals surface area contributed by atoms with E-state index in [1.54, 1.807) is 6.07 Å². The van der Waals surface area contributed by atoms with Gasteiger partial charge in [0.1, 0.15) is 13.2 Å². The van der Waals surface area contributed by atoms with Crippen LogP contribution in [0.5, 0.6) is 11.5 Å². The van der Waals surface area contributed by atoms with Gasteiger partial charge in [0.25, 0.3) is 0 Å². The average Bonchev–Trinajstić information content (AvgIpc) is 3.24. The second-order valence-electron chi connectivity index (χ2n) is 7.31. The number of ether oxygens (including phenoxy) is 3. The standard InChI is InChI=1S/C23H26N2O6S/c1-3-28-12-4-11-24-22-23(25-21(31-22)17-7-5-16(2)6-8-17)32(26,27)18-9-10-19-20(15-18)30-14-13-29-19/h5-10,15,24H,3-4,11-14H2,1-2H3. The Morgan fingerprint density at radius 3 is 2.56 bits per heavy atom. The van der Waals surface area contributed by atoms with Crippen molar-refractivity contribution < 1.29 is 27.0 Å². The Morgan fingerprint density at radius 2 is 1.81 bits per heavy atom. The highest BCUT2D eigenvalue weighted by atomic mass is 32.2. The Balaban J connectivity index is 1.69. The van der Waals surface area contributed by atoms with E-state index in [9.17, 15) is 8.42 Å². The molecule has 1 aromatic heterocycles. The first-order valence-electron chi connectivity index (χ1n) is 10.5. The van der Waals surface area contributed by atoms with Crippen LogP contribution in [0.1, 0.15) is 18.9 Å². The van der Waals surface area contributed by atoms with Gasteiger partial charge >= 0.3 is 0 Å². The van der Waals surface area contributed by atoms with Crippen molar-refractivity contribution >= 4 is 15.7 Å². The molecule has 170 valence electrons. The van der Waals surface area contributed by atoms with Crippen molar-refractivity contribution in [3.63, 3.8) is 0 Å². The molecule has 1 N–H and O–H groups in total. The zero-order valence-electron chi connectivity index (χ0n) is 18.1. The van der Waals surface area contributed by atoms with Gasteiger partial charge in [-0.05, 0) is 44.5 Å². The third kappa shape index (κ3) is 4.73. The maximum absolute atomic E-state index is 13.5. The first kappa shape index (κ1) is 22.2. The highest BCUT2D eigenvalue weighted by Crippen LogP contribution is 2.37. The lowest BCUT2D eigenvalue weighted by Crippen LogP contribution is -2.16. The fraction of sp³-hybridized carbons (Fsp3) is 0.348. The van der Waals surface area contributed by atoms with Crippen LogP contribution >= 0.6 is 0 Å². The van der Waals surface area contributed by atoms with Gasteiger partial charge in [-0.1, -0.05) is 17.7 Å². The topological polar surface area (TPSA) is 99.9 Å². The number of anilines is 1. The van der Waals surface area contributed by atoms with Crippen molar-refractivity contribution in [3.8, 4) is 23.0 Å². The van der Waals surface area contributed by atoms with Crippen LogP contribution in [-0.4, -0.2) is 46.4 Å². The van der Waals surface area contributed by atoms with Crippen LogP contribution < -0.4 is 14.8 Å². The van der Waals surface area contributed by atoms with E-state index >= 15 is 0 Å². The van der Waals surface area contributed by atoms with Crippen LogP contribution in [0.25, 0.3) is 11.5 Å². The molecular weight excluding hydrogens is 432 g/mol. The molecule has 1 aliphatic rings. The molecule has 1 aliphatic heterocycles. The lowest BCUT2D eigenvalue weighted by atomic mass is 10.1. The molecule has 0 saturated heterocycles. The number of fused-ring (bicyclic) bond motifs is 1. The van der Waals surface area contributed by atoms with E-state index < -0.39 is 9.84 Å². The van der Waals surface area contributed by atoms with Gasteiger partial charge < -0.3 is 23.9 Å². The van der Waals surface area contributed by atoms with Crippen molar-refractivity contribution in [2.45, 2.75) is 30.2 Å². The fourth-order valence-electron chi connectivity index (χ4n) is 3.24. The zero-order chi connectivity index (χ0) is 22.6. The van der Waals surface area contributed by atoms with Crippen LogP contribution in [0.3, 0.4) is 0 Å². The molecule has 2 aromatic carbocycles. The molecule has 0 amide bonds. The number of aromatic nitrogens is 1. The molecule has 0 unspecified atom stereocenters.